The summed E-state index contributed by atoms with van der Waals surface area (Å²) in [7, 11) is 0. The van der Waals surface area contributed by atoms with Gasteiger partial charge in [0, 0.05) is 11.5 Å². The Morgan fingerprint density at radius 3 is 2.40 bits per heavy atom. The van der Waals surface area contributed by atoms with Crippen LogP contribution in [-0.4, -0.2) is 35.9 Å². The fraction of sp³-hybridized carbons (Fsp3) is 0.625. The first-order chi connectivity index (χ1) is 14.6. The van der Waals surface area contributed by atoms with Crippen molar-refractivity contribution < 1.29 is 9.53 Å². The maximum Gasteiger partial charge on any atom is 0.308 e. The molecule has 2 aliphatic rings. The van der Waals surface area contributed by atoms with Crippen LogP contribution in [-0.2, 0) is 9.53 Å². The number of ether oxygens (including phenoxy) is 1. The van der Waals surface area contributed by atoms with Gasteiger partial charge in [-0.1, -0.05) is 49.4 Å². The third-order valence-electron chi connectivity index (χ3n) is 6.38. The summed E-state index contributed by atoms with van der Waals surface area (Å²) in [5, 5.41) is 14.5. The van der Waals surface area contributed by atoms with Crippen molar-refractivity contribution in [2.45, 2.75) is 64.2 Å². The molecule has 0 unspecified atom stereocenters. The summed E-state index contributed by atoms with van der Waals surface area (Å²) < 4.78 is 5.43. The molecule has 1 aliphatic carbocycles. The van der Waals surface area contributed by atoms with Crippen molar-refractivity contribution in [3.63, 3.8) is 0 Å². The summed E-state index contributed by atoms with van der Waals surface area (Å²) in [6.45, 7) is 6.89. The lowest BCUT2D eigenvalue weighted by molar-refractivity contribution is -0.150. The number of piperidine rings is 1. The van der Waals surface area contributed by atoms with Crippen LogP contribution in [0.15, 0.2) is 24.3 Å². The molecule has 30 heavy (non-hydrogen) atoms. The number of esters is 1. The van der Waals surface area contributed by atoms with Gasteiger partial charge in [0.1, 0.15) is 10.0 Å². The molecular formula is C24H33N3O2S. The molecule has 0 bridgehead atoms. The van der Waals surface area contributed by atoms with Crippen LogP contribution in [0.4, 0.5) is 0 Å². The van der Waals surface area contributed by atoms with Crippen molar-refractivity contribution in [2.24, 2.45) is 11.8 Å². The highest BCUT2D eigenvalue weighted by atomic mass is 32.1. The minimum atomic E-state index is -0.0195. The van der Waals surface area contributed by atoms with Gasteiger partial charge in [-0.05, 0) is 69.0 Å². The second-order valence-corrected chi connectivity index (χ2v) is 10.2. The van der Waals surface area contributed by atoms with Crippen LogP contribution < -0.4 is 5.32 Å². The quantitative estimate of drug-likeness (QED) is 0.646. The van der Waals surface area contributed by atoms with Crippen LogP contribution in [0.5, 0.6) is 0 Å². The Bertz CT molecular complexity index is 819. The summed E-state index contributed by atoms with van der Waals surface area (Å²) in [4.78, 5) is 12.2. The first-order valence-corrected chi connectivity index (χ1v) is 12.2. The van der Waals surface area contributed by atoms with E-state index >= 15 is 0 Å². The van der Waals surface area contributed by atoms with Crippen molar-refractivity contribution in [1.29, 1.82) is 0 Å². The molecule has 0 radical (unpaired) electrons. The predicted octanol–water partition coefficient (Wildman–Crippen LogP) is 5.15. The number of rotatable bonds is 6. The number of benzene rings is 1. The molecule has 2 aromatic rings. The number of carbonyl (C=O) groups is 1. The lowest BCUT2D eigenvalue weighted by atomic mass is 9.82. The lowest BCUT2D eigenvalue weighted by Crippen LogP contribution is -2.26. The van der Waals surface area contributed by atoms with Crippen LogP contribution in [0, 0.1) is 11.8 Å². The van der Waals surface area contributed by atoms with Gasteiger partial charge in [0.15, 0.2) is 0 Å². The second kappa shape index (κ2) is 10.0. The van der Waals surface area contributed by atoms with E-state index in [-0.39, 0.29) is 11.9 Å². The lowest BCUT2D eigenvalue weighted by Gasteiger charge is -2.25. The molecule has 5 nitrogen and oxygen atoms in total. The number of nitrogens with one attached hydrogen (secondary N) is 1. The molecular weight excluding hydrogens is 394 g/mol. The SMILES string of the molecule is CC(C)COC(=O)C1CCC(c2nnc(-c3ccc(C4CCNCC4)cc3)s2)CC1. The van der Waals surface area contributed by atoms with Gasteiger partial charge in [0.25, 0.3) is 0 Å². The molecule has 162 valence electrons. The van der Waals surface area contributed by atoms with Crippen molar-refractivity contribution in [3.8, 4) is 10.6 Å². The zero-order valence-electron chi connectivity index (χ0n) is 18.1. The van der Waals surface area contributed by atoms with Crippen molar-refractivity contribution >= 4 is 17.3 Å². The van der Waals surface area contributed by atoms with E-state index in [2.05, 4.69) is 53.6 Å². The standard InChI is InChI=1S/C24H33N3O2S/c1-16(2)15-29-24(28)21-9-7-20(8-10-21)23-27-26-22(30-23)19-5-3-17(4-6-19)18-11-13-25-14-12-18/h3-6,16,18,20-21,25H,7-15H2,1-2H3. The van der Waals surface area contributed by atoms with Gasteiger partial charge in [-0.3, -0.25) is 4.79 Å². The summed E-state index contributed by atoms with van der Waals surface area (Å²) in [5.41, 5.74) is 2.59. The largest absolute Gasteiger partial charge is 0.465 e. The molecule has 4 rings (SSSR count). The van der Waals surface area contributed by atoms with Crippen molar-refractivity contribution in [2.75, 3.05) is 19.7 Å². The van der Waals surface area contributed by atoms with E-state index in [1.807, 2.05) is 0 Å². The average molecular weight is 428 g/mol. The maximum atomic E-state index is 12.2. The Kier molecular flexibility index (Phi) is 7.16. The Balaban J connectivity index is 1.33. The number of hydrogen-bond acceptors (Lipinski definition) is 6. The van der Waals surface area contributed by atoms with Gasteiger partial charge >= 0.3 is 5.97 Å². The van der Waals surface area contributed by atoms with Crippen LogP contribution >= 0.6 is 11.3 Å². The molecule has 1 aliphatic heterocycles. The summed E-state index contributed by atoms with van der Waals surface area (Å²) in [6, 6.07) is 8.92. The highest BCUT2D eigenvalue weighted by molar-refractivity contribution is 7.14. The van der Waals surface area contributed by atoms with Gasteiger partial charge in [0.2, 0.25) is 0 Å². The van der Waals surface area contributed by atoms with Gasteiger partial charge < -0.3 is 10.1 Å². The number of nitrogens with zero attached hydrogens (tertiary/aromatic N) is 2. The fourth-order valence-electron chi connectivity index (χ4n) is 4.51. The van der Waals surface area contributed by atoms with Gasteiger partial charge in [0.05, 0.1) is 12.5 Å². The minimum absolute atomic E-state index is 0.0195. The summed E-state index contributed by atoms with van der Waals surface area (Å²) in [5.74, 6) is 1.51. The van der Waals surface area contributed by atoms with Crippen LogP contribution in [0.1, 0.15) is 74.8 Å². The second-order valence-electron chi connectivity index (χ2n) is 9.16. The first-order valence-electron chi connectivity index (χ1n) is 11.4. The minimum Gasteiger partial charge on any atom is -0.465 e. The van der Waals surface area contributed by atoms with E-state index in [1.165, 1.54) is 18.4 Å². The molecule has 1 aromatic carbocycles. The molecule has 1 saturated carbocycles. The summed E-state index contributed by atoms with van der Waals surface area (Å²) in [6.07, 6.45) is 6.20. The number of hydrogen-bond donors (Lipinski definition) is 1. The number of carbonyl (C=O) groups excluding carboxylic acids is 1. The van der Waals surface area contributed by atoms with Crippen LogP contribution in [0.3, 0.4) is 0 Å². The third kappa shape index (κ3) is 5.27. The van der Waals surface area contributed by atoms with Crippen molar-refractivity contribution in [1.82, 2.24) is 15.5 Å². The topological polar surface area (TPSA) is 64.1 Å². The Labute approximate surface area is 183 Å². The molecule has 1 aromatic heterocycles. The highest BCUT2D eigenvalue weighted by Gasteiger charge is 2.30. The first kappa shape index (κ1) is 21.4. The predicted molar refractivity (Wildman–Crippen MR) is 121 cm³/mol. The van der Waals surface area contributed by atoms with Crippen LogP contribution in [0.2, 0.25) is 0 Å². The van der Waals surface area contributed by atoms with Crippen LogP contribution in [0.25, 0.3) is 10.6 Å². The number of aromatic nitrogens is 2. The Hall–Kier alpha value is -1.79. The van der Waals surface area contributed by atoms with Gasteiger partial charge in [-0.2, -0.15) is 0 Å². The van der Waals surface area contributed by atoms with E-state index in [1.54, 1.807) is 11.3 Å². The molecule has 6 heteroatoms. The van der Waals surface area contributed by atoms with Crippen molar-refractivity contribution in [3.05, 3.63) is 34.8 Å². The molecule has 0 spiro atoms. The molecule has 0 amide bonds. The van der Waals surface area contributed by atoms with Gasteiger partial charge in [-0.25, -0.2) is 0 Å². The van der Waals surface area contributed by atoms with Gasteiger partial charge in [-0.15, -0.1) is 10.2 Å². The normalized spacial score (nSPS) is 22.9. The molecule has 2 fully saturated rings. The Morgan fingerprint density at radius 1 is 1.03 bits per heavy atom. The smallest absolute Gasteiger partial charge is 0.308 e. The van der Waals surface area contributed by atoms with E-state index < -0.39 is 0 Å². The Morgan fingerprint density at radius 2 is 1.73 bits per heavy atom. The molecule has 0 atom stereocenters. The maximum absolute atomic E-state index is 12.2. The summed E-state index contributed by atoms with van der Waals surface area (Å²) >= 11 is 1.71. The third-order valence-corrected chi connectivity index (χ3v) is 7.51. The van der Waals surface area contributed by atoms with E-state index in [9.17, 15) is 4.79 Å². The monoisotopic (exact) mass is 427 g/mol. The van der Waals surface area contributed by atoms with E-state index in [4.69, 9.17) is 4.74 Å². The van der Waals surface area contributed by atoms with E-state index in [0.717, 1.165) is 54.4 Å². The zero-order chi connectivity index (χ0) is 20.9. The molecule has 1 saturated heterocycles. The fourth-order valence-corrected chi connectivity index (χ4v) is 5.53. The molecule has 1 N–H and O–H groups in total. The average Bonchev–Trinajstić information content (AvgIpc) is 3.28. The van der Waals surface area contributed by atoms with E-state index in [0.29, 0.717) is 24.4 Å². The zero-order valence-corrected chi connectivity index (χ0v) is 18.9. The highest BCUT2D eigenvalue weighted by Crippen LogP contribution is 2.39. The molecule has 2 heterocycles.